The summed E-state index contributed by atoms with van der Waals surface area (Å²) in [6.45, 7) is 0.727. The molecule has 0 bridgehead atoms. The predicted octanol–water partition coefficient (Wildman–Crippen LogP) is 1.69. The lowest BCUT2D eigenvalue weighted by molar-refractivity contribution is 0.233. The molecule has 0 aliphatic rings. The van der Waals surface area contributed by atoms with Gasteiger partial charge in [-0.2, -0.15) is 8.78 Å². The van der Waals surface area contributed by atoms with E-state index in [-0.39, 0.29) is 0 Å². The number of ether oxygens (including phenoxy) is 1. The maximum absolute atomic E-state index is 13.2. The molecule has 20 heavy (non-hydrogen) atoms. The Balaban J connectivity index is 2.94. The van der Waals surface area contributed by atoms with Crippen molar-refractivity contribution in [2.24, 2.45) is 11.1 Å². The third kappa shape index (κ3) is 3.79. The molecule has 4 nitrogen and oxygen atoms in total. The van der Waals surface area contributed by atoms with Crippen LogP contribution in [0.3, 0.4) is 0 Å². The number of benzene rings is 1. The molecule has 114 valence electrons. The number of hydrogen-bond donors (Lipinski definition) is 1. The highest BCUT2D eigenvalue weighted by Crippen LogP contribution is 2.29. The first kappa shape index (κ1) is 16.6. The molecule has 0 fully saturated rings. The summed E-state index contributed by atoms with van der Waals surface area (Å²) < 4.78 is 90.8. The van der Waals surface area contributed by atoms with Gasteiger partial charge in [0.15, 0.2) is 5.75 Å². The molecular weight excluding hydrogens is 309 g/mol. The standard InChI is InChI=1S/C10H10F5NO3S/c1-4(3-20(16,17)18)2-19-10-8(14)6(12)5(11)7(13)9(10)15/h4H,2-3H2,1H3,(H2,16,17,18). The molecule has 0 heterocycles. The molecule has 0 aliphatic heterocycles. The van der Waals surface area contributed by atoms with Crippen molar-refractivity contribution in [3.05, 3.63) is 29.1 Å². The molecule has 10 heteroatoms. The van der Waals surface area contributed by atoms with E-state index in [4.69, 9.17) is 5.14 Å². The number of sulfonamides is 1. The smallest absolute Gasteiger partial charge is 0.209 e. The van der Waals surface area contributed by atoms with Crippen LogP contribution in [0.15, 0.2) is 0 Å². The van der Waals surface area contributed by atoms with E-state index < -0.39 is 63.1 Å². The Morgan fingerprint density at radius 2 is 1.40 bits per heavy atom. The van der Waals surface area contributed by atoms with Crippen molar-refractivity contribution in [1.82, 2.24) is 0 Å². The second-order valence-corrected chi connectivity index (χ2v) is 5.80. The van der Waals surface area contributed by atoms with Crippen LogP contribution in [0.1, 0.15) is 6.92 Å². The quantitative estimate of drug-likeness (QED) is 0.510. The molecule has 1 rings (SSSR count). The predicted molar refractivity (Wildman–Crippen MR) is 58.9 cm³/mol. The van der Waals surface area contributed by atoms with Gasteiger partial charge in [0.25, 0.3) is 0 Å². The Kier molecular flexibility index (Phi) is 4.92. The fraction of sp³-hybridized carbons (Fsp3) is 0.400. The van der Waals surface area contributed by atoms with Crippen molar-refractivity contribution in [3.8, 4) is 5.75 Å². The van der Waals surface area contributed by atoms with Gasteiger partial charge in [-0.3, -0.25) is 0 Å². The summed E-state index contributed by atoms with van der Waals surface area (Å²) in [7, 11) is -3.85. The van der Waals surface area contributed by atoms with E-state index in [1.807, 2.05) is 0 Å². The Hall–Kier alpha value is -1.42. The maximum atomic E-state index is 13.2. The minimum absolute atomic E-state index is 0.567. The molecule has 0 saturated heterocycles. The van der Waals surface area contributed by atoms with Crippen LogP contribution in [0, 0.1) is 35.0 Å². The van der Waals surface area contributed by atoms with Crippen LogP contribution in [-0.2, 0) is 10.0 Å². The largest absolute Gasteiger partial charge is 0.487 e. The number of nitrogens with two attached hydrogens (primary N) is 1. The average Bonchev–Trinajstić information content (AvgIpc) is 2.32. The highest BCUT2D eigenvalue weighted by molar-refractivity contribution is 7.89. The van der Waals surface area contributed by atoms with E-state index >= 15 is 0 Å². The second-order valence-electron chi connectivity index (χ2n) is 4.14. The first-order chi connectivity index (χ1) is 9.04. The Labute approximate surface area is 111 Å². The van der Waals surface area contributed by atoms with Gasteiger partial charge in [-0.1, -0.05) is 6.92 Å². The molecule has 1 aromatic carbocycles. The topological polar surface area (TPSA) is 69.4 Å². The van der Waals surface area contributed by atoms with Crippen molar-refractivity contribution in [3.63, 3.8) is 0 Å². The van der Waals surface area contributed by atoms with Crippen LogP contribution in [0.2, 0.25) is 0 Å². The molecule has 0 radical (unpaired) electrons. The lowest BCUT2D eigenvalue weighted by Crippen LogP contribution is -2.25. The highest BCUT2D eigenvalue weighted by atomic mass is 32.2. The van der Waals surface area contributed by atoms with Gasteiger partial charge in [0.05, 0.1) is 12.4 Å². The summed E-state index contributed by atoms with van der Waals surface area (Å²) in [5.41, 5.74) is 0. The van der Waals surface area contributed by atoms with Gasteiger partial charge < -0.3 is 4.74 Å². The van der Waals surface area contributed by atoms with Gasteiger partial charge in [0.2, 0.25) is 39.1 Å². The van der Waals surface area contributed by atoms with Gasteiger partial charge in [0.1, 0.15) is 0 Å². The van der Waals surface area contributed by atoms with Crippen molar-refractivity contribution < 1.29 is 35.1 Å². The van der Waals surface area contributed by atoms with E-state index in [2.05, 4.69) is 4.74 Å². The number of halogens is 5. The zero-order valence-corrected chi connectivity index (χ0v) is 10.9. The normalized spacial score (nSPS) is 13.3. The van der Waals surface area contributed by atoms with E-state index in [1.54, 1.807) is 0 Å². The second kappa shape index (κ2) is 5.92. The minimum atomic E-state index is -3.85. The third-order valence-corrected chi connectivity index (χ3v) is 3.23. The van der Waals surface area contributed by atoms with E-state index in [9.17, 15) is 30.4 Å². The van der Waals surface area contributed by atoms with Gasteiger partial charge in [-0.05, 0) is 0 Å². The fourth-order valence-electron chi connectivity index (χ4n) is 1.38. The van der Waals surface area contributed by atoms with Gasteiger partial charge in [0, 0.05) is 5.92 Å². The molecule has 0 spiro atoms. The molecule has 0 amide bonds. The molecule has 1 aromatic rings. The molecule has 0 aromatic heterocycles. The monoisotopic (exact) mass is 319 g/mol. The van der Waals surface area contributed by atoms with Crippen LogP contribution in [0.4, 0.5) is 22.0 Å². The zero-order chi connectivity index (χ0) is 15.7. The molecule has 0 aliphatic carbocycles. The van der Waals surface area contributed by atoms with E-state index in [0.717, 1.165) is 0 Å². The summed E-state index contributed by atoms with van der Waals surface area (Å²) in [4.78, 5) is 0. The molecular formula is C10H10F5NO3S. The Morgan fingerprint density at radius 1 is 1.00 bits per heavy atom. The van der Waals surface area contributed by atoms with Gasteiger partial charge in [-0.25, -0.2) is 26.7 Å². The number of rotatable bonds is 5. The lowest BCUT2D eigenvalue weighted by Gasteiger charge is -2.13. The van der Waals surface area contributed by atoms with Gasteiger partial charge >= 0.3 is 0 Å². The van der Waals surface area contributed by atoms with Crippen LogP contribution < -0.4 is 9.88 Å². The maximum Gasteiger partial charge on any atom is 0.209 e. The van der Waals surface area contributed by atoms with E-state index in [0.29, 0.717) is 0 Å². The summed E-state index contributed by atoms with van der Waals surface area (Å²) in [6.07, 6.45) is 0. The third-order valence-electron chi connectivity index (χ3n) is 2.20. The Morgan fingerprint density at radius 3 is 1.80 bits per heavy atom. The van der Waals surface area contributed by atoms with E-state index in [1.165, 1.54) is 6.92 Å². The molecule has 1 unspecified atom stereocenters. The van der Waals surface area contributed by atoms with Crippen molar-refractivity contribution in [1.29, 1.82) is 0 Å². The van der Waals surface area contributed by atoms with Gasteiger partial charge in [-0.15, -0.1) is 0 Å². The van der Waals surface area contributed by atoms with Crippen LogP contribution in [0.5, 0.6) is 5.75 Å². The minimum Gasteiger partial charge on any atom is -0.487 e. The summed E-state index contributed by atoms with van der Waals surface area (Å²) in [6, 6.07) is 0. The summed E-state index contributed by atoms with van der Waals surface area (Å²) in [5.74, 6) is -13.7. The summed E-state index contributed by atoms with van der Waals surface area (Å²) >= 11 is 0. The Bertz CT molecular complexity index is 591. The van der Waals surface area contributed by atoms with Crippen LogP contribution >= 0.6 is 0 Å². The number of hydrogen-bond acceptors (Lipinski definition) is 3. The zero-order valence-electron chi connectivity index (χ0n) is 10.1. The molecule has 2 N–H and O–H groups in total. The van der Waals surface area contributed by atoms with Crippen molar-refractivity contribution in [2.45, 2.75) is 6.92 Å². The first-order valence-electron chi connectivity index (χ1n) is 5.19. The van der Waals surface area contributed by atoms with Crippen molar-refractivity contribution >= 4 is 10.0 Å². The van der Waals surface area contributed by atoms with Crippen molar-refractivity contribution in [2.75, 3.05) is 12.4 Å². The first-order valence-corrected chi connectivity index (χ1v) is 6.90. The lowest BCUT2D eigenvalue weighted by atomic mass is 10.2. The fourth-order valence-corrected chi connectivity index (χ4v) is 2.27. The summed E-state index contributed by atoms with van der Waals surface area (Å²) in [5, 5.41) is 4.73. The average molecular weight is 319 g/mol. The molecule has 1 atom stereocenters. The molecule has 0 saturated carbocycles. The highest BCUT2D eigenvalue weighted by Gasteiger charge is 2.27. The van der Waals surface area contributed by atoms with Crippen LogP contribution in [0.25, 0.3) is 0 Å². The SMILES string of the molecule is CC(COc1c(F)c(F)c(F)c(F)c1F)CS(N)(=O)=O. The number of primary sulfonamides is 1. The van der Waals surface area contributed by atoms with Crippen LogP contribution in [-0.4, -0.2) is 20.8 Å².